The molecule has 0 saturated heterocycles. The smallest absolute Gasteiger partial charge is 0.330 e. The van der Waals surface area contributed by atoms with Crippen LogP contribution < -0.4 is 21.7 Å². The monoisotopic (exact) mass is 686 g/mol. The molecule has 0 unspecified atom stereocenters. The molecule has 0 fully saturated rings. The lowest BCUT2D eigenvalue weighted by Gasteiger charge is -2.26. The highest BCUT2D eigenvalue weighted by atomic mass is 19.1. The minimum atomic E-state index is -1.21. The van der Waals surface area contributed by atoms with Gasteiger partial charge in [0.25, 0.3) is 5.91 Å². The molecule has 0 spiro atoms. The molecule has 13 nitrogen and oxygen atoms in total. The zero-order valence-electron chi connectivity index (χ0n) is 27.9. The average Bonchev–Trinajstić information content (AvgIpc) is 3.53. The van der Waals surface area contributed by atoms with Crippen LogP contribution >= 0.6 is 0 Å². The Balaban J connectivity index is 1.47. The Bertz CT molecular complexity index is 1860. The van der Waals surface area contributed by atoms with Crippen LogP contribution in [0.2, 0.25) is 0 Å². The summed E-state index contributed by atoms with van der Waals surface area (Å²) in [5, 5.41) is 13.6. The predicted molar refractivity (Wildman–Crippen MR) is 180 cm³/mol. The highest BCUT2D eigenvalue weighted by molar-refractivity contribution is 5.97. The van der Waals surface area contributed by atoms with Crippen LogP contribution in [0.25, 0.3) is 10.8 Å². The van der Waals surface area contributed by atoms with E-state index in [1.807, 2.05) is 24.3 Å². The van der Waals surface area contributed by atoms with E-state index in [0.29, 0.717) is 11.3 Å². The van der Waals surface area contributed by atoms with E-state index < -0.39 is 59.5 Å². The maximum atomic E-state index is 13.7. The summed E-state index contributed by atoms with van der Waals surface area (Å²) in [5.41, 5.74) is 6.64. The van der Waals surface area contributed by atoms with Crippen LogP contribution in [0.5, 0.6) is 0 Å². The number of carbonyl (C=O) groups is 5. The predicted octanol–water partition coefficient (Wildman–Crippen LogP) is 3.20. The van der Waals surface area contributed by atoms with E-state index in [1.54, 1.807) is 33.2 Å². The number of pyridine rings is 1. The number of halogens is 1. The Morgan fingerprint density at radius 2 is 1.68 bits per heavy atom. The molecule has 50 heavy (non-hydrogen) atoms. The van der Waals surface area contributed by atoms with Gasteiger partial charge in [-0.2, -0.15) is 0 Å². The third-order valence-electron chi connectivity index (χ3n) is 7.66. The number of esters is 1. The van der Waals surface area contributed by atoms with Crippen molar-refractivity contribution in [2.24, 2.45) is 11.7 Å². The number of amides is 4. The van der Waals surface area contributed by atoms with Crippen LogP contribution in [0.1, 0.15) is 54.1 Å². The molecular formula is C36H39FN6O7. The van der Waals surface area contributed by atoms with Crippen molar-refractivity contribution in [1.82, 2.24) is 26.1 Å². The zero-order valence-corrected chi connectivity index (χ0v) is 27.9. The van der Waals surface area contributed by atoms with Gasteiger partial charge in [-0.05, 0) is 60.0 Å². The van der Waals surface area contributed by atoms with E-state index in [9.17, 15) is 28.4 Å². The van der Waals surface area contributed by atoms with Crippen molar-refractivity contribution in [1.29, 1.82) is 0 Å². The first-order chi connectivity index (χ1) is 23.9. The molecule has 0 bridgehead atoms. The molecule has 14 heteroatoms. The SMILES string of the molecule is Cc1cc(C(=O)N[C@H](C(=O)N[C@@H](Cc2ccc(F)cc2)C(=O)N[C@@H](/C=C/C(=O)OCc2ccc3cnccc3c2)CCC(N)=O)C(C)C)no1. The van der Waals surface area contributed by atoms with Crippen molar-refractivity contribution in [3.63, 3.8) is 0 Å². The van der Waals surface area contributed by atoms with Gasteiger partial charge in [-0.1, -0.05) is 49.3 Å². The molecule has 2 heterocycles. The fourth-order valence-electron chi connectivity index (χ4n) is 4.97. The van der Waals surface area contributed by atoms with E-state index in [2.05, 4.69) is 26.1 Å². The van der Waals surface area contributed by atoms with E-state index in [1.165, 1.54) is 36.4 Å². The van der Waals surface area contributed by atoms with Gasteiger partial charge >= 0.3 is 5.97 Å². The molecule has 3 atom stereocenters. The molecule has 0 radical (unpaired) electrons. The van der Waals surface area contributed by atoms with Gasteiger partial charge in [-0.15, -0.1) is 0 Å². The lowest BCUT2D eigenvalue weighted by atomic mass is 10.00. The van der Waals surface area contributed by atoms with Crippen LogP contribution in [-0.4, -0.2) is 57.9 Å². The van der Waals surface area contributed by atoms with Gasteiger partial charge in [0, 0.05) is 48.8 Å². The van der Waals surface area contributed by atoms with Crippen molar-refractivity contribution in [3.05, 3.63) is 108 Å². The minimum absolute atomic E-state index is 0.00462. The molecule has 4 amide bonds. The van der Waals surface area contributed by atoms with Crippen LogP contribution in [-0.2, 0) is 36.9 Å². The fraction of sp³-hybridized carbons (Fsp3) is 0.306. The first-order valence-electron chi connectivity index (χ1n) is 15.9. The molecule has 0 aliphatic heterocycles. The fourth-order valence-corrected chi connectivity index (χ4v) is 4.97. The highest BCUT2D eigenvalue weighted by Crippen LogP contribution is 2.16. The van der Waals surface area contributed by atoms with Crippen LogP contribution in [0.15, 0.2) is 83.7 Å². The third-order valence-corrected chi connectivity index (χ3v) is 7.66. The summed E-state index contributed by atoms with van der Waals surface area (Å²) in [5.74, 6) is -3.75. The Labute approximate surface area is 287 Å². The van der Waals surface area contributed by atoms with Gasteiger partial charge in [-0.3, -0.25) is 24.2 Å². The van der Waals surface area contributed by atoms with Gasteiger partial charge in [0.05, 0.1) is 0 Å². The van der Waals surface area contributed by atoms with Crippen LogP contribution in [0, 0.1) is 18.7 Å². The summed E-state index contributed by atoms with van der Waals surface area (Å²) < 4.78 is 24.0. The number of primary amides is 1. The van der Waals surface area contributed by atoms with E-state index >= 15 is 0 Å². The number of ether oxygens (including phenoxy) is 1. The maximum absolute atomic E-state index is 13.7. The number of carbonyl (C=O) groups excluding carboxylic acids is 5. The molecule has 4 aromatic rings. The highest BCUT2D eigenvalue weighted by Gasteiger charge is 2.30. The minimum Gasteiger partial charge on any atom is -0.458 e. The van der Waals surface area contributed by atoms with Gasteiger partial charge in [0.1, 0.15) is 30.3 Å². The number of nitrogens with one attached hydrogen (secondary N) is 3. The molecule has 4 rings (SSSR count). The first kappa shape index (κ1) is 36.9. The Kier molecular flexibility index (Phi) is 12.9. The van der Waals surface area contributed by atoms with E-state index in [-0.39, 0.29) is 31.6 Å². The molecule has 5 N–H and O–H groups in total. The Morgan fingerprint density at radius 3 is 2.36 bits per heavy atom. The van der Waals surface area contributed by atoms with Crippen LogP contribution in [0.4, 0.5) is 4.39 Å². The van der Waals surface area contributed by atoms with Gasteiger partial charge in [0.2, 0.25) is 17.7 Å². The van der Waals surface area contributed by atoms with Crippen molar-refractivity contribution in [2.45, 2.75) is 64.8 Å². The maximum Gasteiger partial charge on any atom is 0.330 e. The van der Waals surface area contributed by atoms with Crippen molar-refractivity contribution in [2.75, 3.05) is 0 Å². The molecule has 262 valence electrons. The Hall–Kier alpha value is -5.92. The largest absolute Gasteiger partial charge is 0.458 e. The number of hydrogen-bond donors (Lipinski definition) is 4. The topological polar surface area (TPSA) is 196 Å². The summed E-state index contributed by atoms with van der Waals surface area (Å²) in [7, 11) is 0. The lowest BCUT2D eigenvalue weighted by molar-refractivity contribution is -0.139. The number of aromatic nitrogens is 2. The number of rotatable bonds is 16. The van der Waals surface area contributed by atoms with E-state index in [4.69, 9.17) is 15.0 Å². The third kappa shape index (κ3) is 11.1. The van der Waals surface area contributed by atoms with Crippen LogP contribution in [0.3, 0.4) is 0 Å². The van der Waals surface area contributed by atoms with Crippen molar-refractivity contribution >= 4 is 40.4 Å². The summed E-state index contributed by atoms with van der Waals surface area (Å²) in [6.45, 7) is 5.05. The molecule has 0 aliphatic carbocycles. The Morgan fingerprint density at radius 1 is 0.940 bits per heavy atom. The number of hydrogen-bond acceptors (Lipinski definition) is 9. The first-order valence-corrected chi connectivity index (χ1v) is 15.9. The number of nitrogens with two attached hydrogens (primary N) is 1. The number of nitrogens with zero attached hydrogens (tertiary/aromatic N) is 2. The second-order valence-electron chi connectivity index (χ2n) is 12.1. The standard InChI is InChI=1S/C36H39FN6O7/c1-21(2)33(42-35(47)30-16-22(3)50-43-30)36(48)41-29(18-23-5-8-27(37)9-6-23)34(46)40-28(10-12-31(38)44)11-13-32(45)49-20-24-4-7-26-19-39-15-14-25(26)17-24/h4-9,11,13-17,19,21,28-29,33H,10,12,18,20H2,1-3H3,(H2,38,44)(H,40,46)(H,41,48)(H,42,47)/b13-11+/t28-,29+,33+/m1/s1. The second-order valence-corrected chi connectivity index (χ2v) is 12.1. The summed E-state index contributed by atoms with van der Waals surface area (Å²) in [4.78, 5) is 68.4. The molecule has 2 aromatic heterocycles. The molecule has 2 aromatic carbocycles. The van der Waals surface area contributed by atoms with Gasteiger partial charge < -0.3 is 30.9 Å². The number of benzene rings is 2. The number of aryl methyl sites for hydroxylation is 1. The summed E-state index contributed by atoms with van der Waals surface area (Å²) >= 11 is 0. The van der Waals surface area contributed by atoms with Gasteiger partial charge in [0.15, 0.2) is 5.69 Å². The number of fused-ring (bicyclic) bond motifs is 1. The van der Waals surface area contributed by atoms with Crippen molar-refractivity contribution < 1.29 is 37.6 Å². The zero-order chi connectivity index (χ0) is 36.2. The normalized spacial score (nSPS) is 13.1. The van der Waals surface area contributed by atoms with Crippen molar-refractivity contribution in [3.8, 4) is 0 Å². The average molecular weight is 687 g/mol. The van der Waals surface area contributed by atoms with E-state index in [0.717, 1.165) is 22.4 Å². The second kappa shape index (κ2) is 17.5. The lowest BCUT2D eigenvalue weighted by Crippen LogP contribution is -2.56. The summed E-state index contributed by atoms with van der Waals surface area (Å²) in [6.07, 6.45) is 5.79. The van der Waals surface area contributed by atoms with Gasteiger partial charge in [-0.25, -0.2) is 9.18 Å². The quantitative estimate of drug-likeness (QED) is 0.101. The molecule has 0 saturated carbocycles. The summed E-state index contributed by atoms with van der Waals surface area (Å²) in [6, 6.07) is 11.1. The molecule has 0 aliphatic rings. The molecular weight excluding hydrogens is 647 g/mol.